The second kappa shape index (κ2) is 8.28. The molecule has 3 heterocycles. The van der Waals surface area contributed by atoms with Crippen molar-refractivity contribution in [2.45, 2.75) is 13.5 Å². The maximum Gasteiger partial charge on any atom is 0.259 e. The number of nitrogens with zero attached hydrogens (tertiary/aromatic N) is 3. The van der Waals surface area contributed by atoms with Gasteiger partial charge in [-0.25, -0.2) is 4.98 Å². The highest BCUT2D eigenvalue weighted by molar-refractivity contribution is 6.06. The Kier molecular flexibility index (Phi) is 5.39. The van der Waals surface area contributed by atoms with Crippen molar-refractivity contribution in [1.82, 2.24) is 20.4 Å². The van der Waals surface area contributed by atoms with Crippen LogP contribution in [0.4, 0.5) is 0 Å². The topological polar surface area (TPSA) is 84.4 Å². The van der Waals surface area contributed by atoms with Crippen LogP contribution in [0.1, 0.15) is 21.6 Å². The monoisotopic (exact) mass is 390 g/mol. The van der Waals surface area contributed by atoms with Gasteiger partial charge in [-0.15, -0.1) is 0 Å². The molecule has 4 aromatic rings. The third kappa shape index (κ3) is 4.20. The highest BCUT2D eigenvalue weighted by atomic mass is 16.5. The van der Waals surface area contributed by atoms with E-state index in [1.54, 1.807) is 31.4 Å². The average Bonchev–Trinajstić information content (AvgIpc) is 3.38. The number of benzene rings is 1. The number of nitrogens with one attached hydrogen (secondary N) is 1. The second-order valence-corrected chi connectivity index (χ2v) is 6.96. The standard InChI is InChI=1S/C22H22N4O3/c1-15-20-17(13-18(19-9-6-12-28-19)24-22(20)29-25-15)21(27)23-10-11-26(2)14-16-7-4-3-5-8-16/h3-9,12-13H,10-11,14H2,1-2H3,(H,23,27). The Morgan fingerprint density at radius 3 is 2.76 bits per heavy atom. The minimum atomic E-state index is -0.190. The number of furan rings is 1. The van der Waals surface area contributed by atoms with Crippen molar-refractivity contribution in [2.24, 2.45) is 0 Å². The van der Waals surface area contributed by atoms with Crippen LogP contribution < -0.4 is 5.32 Å². The van der Waals surface area contributed by atoms with Crippen molar-refractivity contribution in [1.29, 1.82) is 0 Å². The van der Waals surface area contributed by atoms with Crippen LogP contribution in [0.15, 0.2) is 63.7 Å². The first-order valence-electron chi connectivity index (χ1n) is 9.43. The van der Waals surface area contributed by atoms with E-state index in [2.05, 4.69) is 32.5 Å². The summed E-state index contributed by atoms with van der Waals surface area (Å²) in [7, 11) is 2.03. The van der Waals surface area contributed by atoms with E-state index in [9.17, 15) is 4.79 Å². The molecule has 0 aliphatic rings. The molecule has 0 aliphatic heterocycles. The minimum Gasteiger partial charge on any atom is -0.463 e. The molecule has 7 nitrogen and oxygen atoms in total. The van der Waals surface area contributed by atoms with Crippen LogP contribution in [-0.4, -0.2) is 41.1 Å². The fourth-order valence-corrected chi connectivity index (χ4v) is 3.25. The van der Waals surface area contributed by atoms with E-state index in [0.717, 1.165) is 13.1 Å². The fourth-order valence-electron chi connectivity index (χ4n) is 3.25. The Hall–Kier alpha value is -3.45. The minimum absolute atomic E-state index is 0.190. The molecule has 0 unspecified atom stereocenters. The van der Waals surface area contributed by atoms with Crippen molar-refractivity contribution in [3.8, 4) is 11.5 Å². The Labute approximate surface area is 168 Å². The molecule has 148 valence electrons. The molecule has 29 heavy (non-hydrogen) atoms. The summed E-state index contributed by atoms with van der Waals surface area (Å²) in [4.78, 5) is 19.5. The van der Waals surface area contributed by atoms with E-state index in [0.29, 0.717) is 40.4 Å². The summed E-state index contributed by atoms with van der Waals surface area (Å²) < 4.78 is 10.7. The van der Waals surface area contributed by atoms with Crippen LogP contribution in [0.25, 0.3) is 22.6 Å². The molecule has 7 heteroatoms. The van der Waals surface area contributed by atoms with Gasteiger partial charge in [0.1, 0.15) is 5.69 Å². The molecule has 1 aromatic carbocycles. The van der Waals surface area contributed by atoms with E-state index in [4.69, 9.17) is 8.94 Å². The van der Waals surface area contributed by atoms with Crippen molar-refractivity contribution >= 4 is 17.0 Å². The average molecular weight is 390 g/mol. The third-order valence-electron chi connectivity index (χ3n) is 4.71. The van der Waals surface area contributed by atoms with Gasteiger partial charge in [-0.05, 0) is 37.7 Å². The zero-order chi connectivity index (χ0) is 20.2. The first-order chi connectivity index (χ1) is 14.1. The van der Waals surface area contributed by atoms with Crippen LogP contribution >= 0.6 is 0 Å². The summed E-state index contributed by atoms with van der Waals surface area (Å²) in [5.41, 5.74) is 3.20. The van der Waals surface area contributed by atoms with E-state index >= 15 is 0 Å². The zero-order valence-corrected chi connectivity index (χ0v) is 16.4. The van der Waals surface area contributed by atoms with Gasteiger partial charge >= 0.3 is 0 Å². The molecule has 0 aliphatic carbocycles. The maximum atomic E-state index is 12.9. The van der Waals surface area contributed by atoms with E-state index in [1.807, 2.05) is 25.2 Å². The number of hydrogen-bond donors (Lipinski definition) is 1. The Balaban J connectivity index is 1.47. The van der Waals surface area contributed by atoms with Crippen molar-refractivity contribution in [2.75, 3.05) is 20.1 Å². The molecule has 0 bridgehead atoms. The molecule has 4 rings (SSSR count). The number of pyridine rings is 1. The smallest absolute Gasteiger partial charge is 0.259 e. The molecule has 3 aromatic heterocycles. The number of aromatic nitrogens is 2. The lowest BCUT2D eigenvalue weighted by Gasteiger charge is -2.17. The summed E-state index contributed by atoms with van der Waals surface area (Å²) in [6.07, 6.45) is 1.56. The number of carbonyl (C=O) groups is 1. The van der Waals surface area contributed by atoms with Gasteiger partial charge in [-0.3, -0.25) is 4.79 Å². The summed E-state index contributed by atoms with van der Waals surface area (Å²) in [6, 6.07) is 15.5. The lowest BCUT2D eigenvalue weighted by atomic mass is 10.1. The molecular formula is C22H22N4O3. The molecule has 0 fully saturated rings. The van der Waals surface area contributed by atoms with Gasteiger partial charge < -0.3 is 19.2 Å². The van der Waals surface area contributed by atoms with Crippen LogP contribution in [0.5, 0.6) is 0 Å². The number of hydrogen-bond acceptors (Lipinski definition) is 6. The van der Waals surface area contributed by atoms with Gasteiger partial charge in [0.2, 0.25) is 0 Å². The fraction of sp³-hybridized carbons (Fsp3) is 0.227. The summed E-state index contributed by atoms with van der Waals surface area (Å²) in [5, 5.41) is 7.57. The van der Waals surface area contributed by atoms with E-state index in [1.165, 1.54) is 5.56 Å². The number of amides is 1. The largest absolute Gasteiger partial charge is 0.463 e. The van der Waals surface area contributed by atoms with Gasteiger partial charge in [0.15, 0.2) is 5.76 Å². The van der Waals surface area contributed by atoms with E-state index < -0.39 is 0 Å². The van der Waals surface area contributed by atoms with Gasteiger partial charge in [0, 0.05) is 19.6 Å². The third-order valence-corrected chi connectivity index (χ3v) is 4.71. The second-order valence-electron chi connectivity index (χ2n) is 6.96. The Morgan fingerprint density at radius 2 is 2.00 bits per heavy atom. The number of fused-ring (bicyclic) bond motifs is 1. The number of likely N-dealkylation sites (N-methyl/N-ethyl adjacent to an activating group) is 1. The number of carbonyl (C=O) groups excluding carboxylic acids is 1. The molecule has 0 saturated heterocycles. The highest BCUT2D eigenvalue weighted by Gasteiger charge is 2.20. The SMILES string of the molecule is Cc1noc2nc(-c3ccco3)cc(C(=O)NCCN(C)Cc3ccccc3)c12. The lowest BCUT2D eigenvalue weighted by molar-refractivity contribution is 0.0951. The van der Waals surface area contributed by atoms with Gasteiger partial charge in [-0.1, -0.05) is 35.5 Å². The first kappa shape index (κ1) is 18.9. The molecule has 0 atom stereocenters. The van der Waals surface area contributed by atoms with Crippen LogP contribution in [-0.2, 0) is 6.54 Å². The predicted molar refractivity (Wildman–Crippen MR) is 109 cm³/mol. The van der Waals surface area contributed by atoms with Crippen LogP contribution in [0.2, 0.25) is 0 Å². The number of rotatable bonds is 7. The van der Waals surface area contributed by atoms with Crippen molar-refractivity contribution in [3.63, 3.8) is 0 Å². The normalized spacial score (nSPS) is 11.3. The number of aryl methyl sites for hydroxylation is 1. The Bertz CT molecular complexity index is 1100. The highest BCUT2D eigenvalue weighted by Crippen LogP contribution is 2.27. The van der Waals surface area contributed by atoms with Gasteiger partial charge in [0.05, 0.1) is 22.9 Å². The molecule has 1 amide bonds. The van der Waals surface area contributed by atoms with E-state index in [-0.39, 0.29) is 5.91 Å². The van der Waals surface area contributed by atoms with Crippen molar-refractivity contribution in [3.05, 3.63) is 71.6 Å². The summed E-state index contributed by atoms with van der Waals surface area (Å²) in [5.74, 6) is 0.377. The molecular weight excluding hydrogens is 368 g/mol. The summed E-state index contributed by atoms with van der Waals surface area (Å²) >= 11 is 0. The molecule has 0 saturated carbocycles. The van der Waals surface area contributed by atoms with Gasteiger partial charge in [0.25, 0.3) is 11.6 Å². The lowest BCUT2D eigenvalue weighted by Crippen LogP contribution is -2.33. The molecule has 0 spiro atoms. The summed E-state index contributed by atoms with van der Waals surface area (Å²) in [6.45, 7) is 3.86. The first-order valence-corrected chi connectivity index (χ1v) is 9.43. The van der Waals surface area contributed by atoms with Gasteiger partial charge in [-0.2, -0.15) is 0 Å². The molecule has 0 radical (unpaired) electrons. The maximum absolute atomic E-state index is 12.9. The molecule has 1 N–H and O–H groups in total. The quantitative estimate of drug-likeness (QED) is 0.518. The zero-order valence-electron chi connectivity index (χ0n) is 16.4. The van der Waals surface area contributed by atoms with Crippen LogP contribution in [0, 0.1) is 6.92 Å². The van der Waals surface area contributed by atoms with Crippen molar-refractivity contribution < 1.29 is 13.7 Å². The Morgan fingerprint density at radius 1 is 1.17 bits per heavy atom. The van der Waals surface area contributed by atoms with Crippen LogP contribution in [0.3, 0.4) is 0 Å². The predicted octanol–water partition coefficient (Wildman–Crippen LogP) is 3.65.